The predicted octanol–water partition coefficient (Wildman–Crippen LogP) is 8.96. The van der Waals surface area contributed by atoms with E-state index in [0.29, 0.717) is 0 Å². The highest BCUT2D eigenvalue weighted by Gasteiger charge is 2.33. The number of rotatable bonds is 6. The average Bonchev–Trinajstić information content (AvgIpc) is 3.43. The minimum Gasteiger partial charge on any atom is -0.353 e. The van der Waals surface area contributed by atoms with Crippen molar-refractivity contribution < 1.29 is 4.79 Å². The number of fused-ring (bicyclic) bond motifs is 5. The van der Waals surface area contributed by atoms with E-state index < -0.39 is 0 Å². The van der Waals surface area contributed by atoms with Crippen molar-refractivity contribution in [2.24, 2.45) is 0 Å². The summed E-state index contributed by atoms with van der Waals surface area (Å²) in [7, 11) is 0. The van der Waals surface area contributed by atoms with Crippen LogP contribution in [0.4, 0.5) is 0 Å². The molecular formula is C31H26Br2N2O. The Balaban J connectivity index is 1.71. The average molecular weight is 602 g/mol. The number of ketones is 1. The van der Waals surface area contributed by atoms with Gasteiger partial charge < -0.3 is 9.55 Å². The van der Waals surface area contributed by atoms with Crippen molar-refractivity contribution in [3.63, 3.8) is 0 Å². The fourth-order valence-corrected chi connectivity index (χ4v) is 7.10. The minimum absolute atomic E-state index is 0.101. The van der Waals surface area contributed by atoms with Gasteiger partial charge in [-0.2, -0.15) is 0 Å². The molecule has 180 valence electrons. The van der Waals surface area contributed by atoms with Crippen LogP contribution in [0.1, 0.15) is 46.9 Å². The van der Waals surface area contributed by atoms with Crippen molar-refractivity contribution >= 4 is 48.5 Å². The quantitative estimate of drug-likeness (QED) is 0.194. The number of halogens is 2. The largest absolute Gasteiger partial charge is 0.353 e. The summed E-state index contributed by atoms with van der Waals surface area (Å²) in [5.41, 5.74) is 9.53. The van der Waals surface area contributed by atoms with Crippen molar-refractivity contribution in [1.29, 1.82) is 0 Å². The third kappa shape index (κ3) is 3.80. The Hall–Kier alpha value is -2.89. The first-order chi connectivity index (χ1) is 17.6. The van der Waals surface area contributed by atoms with E-state index in [1.165, 1.54) is 10.9 Å². The normalized spacial score (nSPS) is 12.5. The summed E-state index contributed by atoms with van der Waals surface area (Å²) in [5.74, 6) is 0.101. The van der Waals surface area contributed by atoms with E-state index in [0.717, 1.165) is 86.0 Å². The molecule has 0 spiro atoms. The molecule has 0 amide bonds. The monoisotopic (exact) mass is 600 g/mol. The number of hydrogen-bond acceptors (Lipinski definition) is 1. The Morgan fingerprint density at radius 2 is 1.72 bits per heavy atom. The van der Waals surface area contributed by atoms with E-state index in [4.69, 9.17) is 0 Å². The van der Waals surface area contributed by atoms with Crippen LogP contribution in [0.25, 0.3) is 33.4 Å². The zero-order chi connectivity index (χ0) is 24.8. The maximum absolute atomic E-state index is 14.2. The van der Waals surface area contributed by atoms with Gasteiger partial charge in [-0.15, -0.1) is 0 Å². The van der Waals surface area contributed by atoms with Crippen LogP contribution in [0.3, 0.4) is 0 Å². The zero-order valence-electron chi connectivity index (χ0n) is 20.1. The van der Waals surface area contributed by atoms with Gasteiger partial charge in [0.1, 0.15) is 0 Å². The van der Waals surface area contributed by atoms with Crippen LogP contribution >= 0.6 is 31.9 Å². The molecule has 0 radical (unpaired) electrons. The van der Waals surface area contributed by atoms with E-state index in [1.807, 2.05) is 36.4 Å². The number of carbonyl (C=O) groups excluding carboxylic acids is 1. The molecule has 6 rings (SSSR count). The lowest BCUT2D eigenvalue weighted by atomic mass is 9.91. The Morgan fingerprint density at radius 3 is 2.44 bits per heavy atom. The van der Waals surface area contributed by atoms with Crippen LogP contribution in [0.5, 0.6) is 0 Å². The molecule has 1 aliphatic rings. The second-order valence-electron chi connectivity index (χ2n) is 9.40. The Bertz CT molecular complexity index is 1600. The van der Waals surface area contributed by atoms with E-state index in [2.05, 4.69) is 84.7 Å². The molecule has 0 unspecified atom stereocenters. The number of nitrogens with one attached hydrogen (secondary N) is 1. The molecule has 36 heavy (non-hydrogen) atoms. The molecule has 0 aliphatic carbocycles. The van der Waals surface area contributed by atoms with E-state index in [1.54, 1.807) is 0 Å². The molecule has 5 heteroatoms. The molecule has 3 heterocycles. The maximum Gasteiger partial charge on any atom is 0.195 e. The Kier molecular flexibility index (Phi) is 6.22. The van der Waals surface area contributed by atoms with Gasteiger partial charge in [-0.3, -0.25) is 4.79 Å². The van der Waals surface area contributed by atoms with Gasteiger partial charge in [0.05, 0.1) is 17.0 Å². The molecule has 3 nitrogen and oxygen atoms in total. The highest BCUT2D eigenvalue weighted by atomic mass is 79.9. The summed E-state index contributed by atoms with van der Waals surface area (Å²) in [5, 5.41) is 1.23. The fourth-order valence-electron chi connectivity index (χ4n) is 5.63. The molecule has 1 N–H and O–H groups in total. The molecule has 0 atom stereocenters. The van der Waals surface area contributed by atoms with Crippen LogP contribution < -0.4 is 0 Å². The van der Waals surface area contributed by atoms with Crippen LogP contribution in [-0.4, -0.2) is 15.3 Å². The van der Waals surface area contributed by atoms with E-state index in [9.17, 15) is 4.79 Å². The second kappa shape index (κ2) is 9.53. The number of aromatic nitrogens is 2. The smallest absolute Gasteiger partial charge is 0.195 e. The number of nitrogens with zero attached hydrogens (tertiary/aromatic N) is 1. The van der Waals surface area contributed by atoms with Crippen LogP contribution in [0.15, 0.2) is 81.7 Å². The zero-order valence-corrected chi connectivity index (χ0v) is 23.2. The van der Waals surface area contributed by atoms with Gasteiger partial charge in [-0.25, -0.2) is 0 Å². The van der Waals surface area contributed by atoms with Gasteiger partial charge in [0, 0.05) is 43.2 Å². The number of carbonyl (C=O) groups is 1. The molecule has 5 aromatic rings. The lowest BCUT2D eigenvalue weighted by molar-refractivity contribution is 0.103. The van der Waals surface area contributed by atoms with E-state index in [-0.39, 0.29) is 5.78 Å². The topological polar surface area (TPSA) is 37.8 Å². The number of hydrogen-bond donors (Lipinski definition) is 1. The van der Waals surface area contributed by atoms with Crippen LogP contribution in [-0.2, 0) is 19.4 Å². The summed E-state index contributed by atoms with van der Waals surface area (Å²) < 4.78 is 4.54. The molecular weight excluding hydrogens is 576 g/mol. The van der Waals surface area contributed by atoms with E-state index >= 15 is 0 Å². The number of H-pyrrole nitrogens is 1. The molecule has 2 aromatic heterocycles. The lowest BCUT2D eigenvalue weighted by Crippen LogP contribution is -2.14. The molecule has 0 saturated heterocycles. The van der Waals surface area contributed by atoms with Crippen LogP contribution in [0.2, 0.25) is 0 Å². The molecule has 0 saturated carbocycles. The van der Waals surface area contributed by atoms with Gasteiger partial charge >= 0.3 is 0 Å². The molecule has 1 aliphatic heterocycles. The maximum atomic E-state index is 14.2. The second-order valence-corrected chi connectivity index (χ2v) is 11.2. The SMILES string of the molecule is CCCCc1c(C(=O)c2ccccc2)c(-c2ccccc2)c2n1CCc1c-2[nH]c2cc(Br)cc(Br)c12. The molecule has 0 fully saturated rings. The van der Waals surface area contributed by atoms with Crippen molar-refractivity contribution in [2.75, 3.05) is 0 Å². The minimum atomic E-state index is 0.101. The molecule has 3 aromatic carbocycles. The highest BCUT2D eigenvalue weighted by Crippen LogP contribution is 2.47. The Morgan fingerprint density at radius 1 is 1.00 bits per heavy atom. The Labute approximate surface area is 227 Å². The standard InChI is InChI=1S/C31H26Br2N2O/c1-2-3-14-25-28(31(36)20-12-8-5-9-13-20)26(19-10-6-4-7-11-19)30-29-22(15-16-35(25)30)27-23(33)17-21(32)18-24(27)34-29/h4-13,17-18,34H,2-3,14-16H2,1H3. The molecule has 0 bridgehead atoms. The number of aryl methyl sites for hydroxylation is 1. The number of aromatic amines is 1. The highest BCUT2D eigenvalue weighted by molar-refractivity contribution is 9.11. The lowest BCUT2D eigenvalue weighted by Gasteiger charge is -2.20. The summed E-state index contributed by atoms with van der Waals surface area (Å²) in [4.78, 5) is 17.9. The van der Waals surface area contributed by atoms with Gasteiger partial charge in [0.15, 0.2) is 5.78 Å². The number of unbranched alkanes of at least 4 members (excludes halogenated alkanes) is 1. The van der Waals surface area contributed by atoms with Crippen molar-refractivity contribution in [3.05, 3.63) is 104 Å². The first kappa shape index (κ1) is 23.5. The predicted molar refractivity (Wildman–Crippen MR) is 155 cm³/mol. The summed E-state index contributed by atoms with van der Waals surface area (Å²) in [6.07, 6.45) is 3.93. The fraction of sp³-hybridized carbons (Fsp3) is 0.194. The van der Waals surface area contributed by atoms with Crippen LogP contribution in [0, 0.1) is 0 Å². The van der Waals surface area contributed by atoms with Crippen molar-refractivity contribution in [2.45, 2.75) is 39.2 Å². The van der Waals surface area contributed by atoms with Crippen molar-refractivity contribution in [3.8, 4) is 22.5 Å². The number of benzene rings is 3. The summed E-state index contributed by atoms with van der Waals surface area (Å²) >= 11 is 7.45. The summed E-state index contributed by atoms with van der Waals surface area (Å²) in [6, 6.07) is 24.4. The van der Waals surface area contributed by atoms with Gasteiger partial charge in [-0.1, -0.05) is 106 Å². The van der Waals surface area contributed by atoms with Gasteiger partial charge in [0.2, 0.25) is 0 Å². The summed E-state index contributed by atoms with van der Waals surface area (Å²) in [6.45, 7) is 3.07. The first-order valence-electron chi connectivity index (χ1n) is 12.5. The third-order valence-corrected chi connectivity index (χ3v) is 8.29. The van der Waals surface area contributed by atoms with Crippen molar-refractivity contribution in [1.82, 2.24) is 9.55 Å². The van der Waals surface area contributed by atoms with Gasteiger partial charge in [0.25, 0.3) is 0 Å². The third-order valence-electron chi connectivity index (χ3n) is 7.20. The first-order valence-corrected chi connectivity index (χ1v) is 14.1. The van der Waals surface area contributed by atoms with Gasteiger partial charge in [-0.05, 0) is 42.5 Å².